The first kappa shape index (κ1) is 9.02. The molecule has 1 amide bonds. The molecule has 1 aliphatic rings. The predicted molar refractivity (Wildman–Crippen MR) is 47.2 cm³/mol. The third-order valence-corrected chi connectivity index (χ3v) is 2.72. The highest BCUT2D eigenvalue weighted by molar-refractivity contribution is 8.04. The van der Waals surface area contributed by atoms with Crippen molar-refractivity contribution in [1.82, 2.24) is 8.02 Å². The van der Waals surface area contributed by atoms with Crippen molar-refractivity contribution in [2.75, 3.05) is 13.1 Å². The van der Waals surface area contributed by atoms with E-state index in [1.807, 2.05) is 4.31 Å². The third kappa shape index (κ3) is 2.80. The lowest BCUT2D eigenvalue weighted by Crippen LogP contribution is -2.20. The molecule has 0 radical (unpaired) electrons. The van der Waals surface area contributed by atoms with Crippen LogP contribution in [0.3, 0.4) is 0 Å². The van der Waals surface area contributed by atoms with Crippen molar-refractivity contribution in [1.29, 1.82) is 0 Å². The molecule has 1 heterocycles. The van der Waals surface area contributed by atoms with Gasteiger partial charge in [-0.1, -0.05) is 0 Å². The molecule has 0 aromatic rings. The van der Waals surface area contributed by atoms with Gasteiger partial charge in [0.15, 0.2) is 0 Å². The van der Waals surface area contributed by atoms with E-state index in [4.69, 9.17) is 5.11 Å². The fourth-order valence-corrected chi connectivity index (χ4v) is 1.93. The maximum absolute atomic E-state index is 10.3. The van der Waals surface area contributed by atoms with Crippen molar-refractivity contribution in [3.8, 4) is 0 Å². The van der Waals surface area contributed by atoms with Crippen molar-refractivity contribution >= 4 is 31.0 Å². The van der Waals surface area contributed by atoms with Crippen molar-refractivity contribution in [2.24, 2.45) is 0 Å². The normalized spacial score (nSPS) is 18.6. The highest BCUT2D eigenvalue weighted by Gasteiger charge is 2.17. The first-order valence-corrected chi connectivity index (χ1v) is 4.48. The minimum atomic E-state index is -1.02. The summed E-state index contributed by atoms with van der Waals surface area (Å²) in [5.41, 5.74) is 0. The topological polar surface area (TPSA) is 43.8 Å². The molecular formula is C5H10N2O2S2. The van der Waals surface area contributed by atoms with E-state index in [2.05, 4.69) is 12.8 Å². The van der Waals surface area contributed by atoms with Crippen molar-refractivity contribution in [3.05, 3.63) is 0 Å². The lowest BCUT2D eigenvalue weighted by molar-refractivity contribution is 0.190. The Morgan fingerprint density at radius 1 is 1.55 bits per heavy atom. The van der Waals surface area contributed by atoms with Crippen LogP contribution in [-0.4, -0.2) is 32.3 Å². The Morgan fingerprint density at radius 3 is 2.55 bits per heavy atom. The molecule has 1 saturated heterocycles. The summed E-state index contributed by atoms with van der Waals surface area (Å²) in [6.07, 6.45) is 1.27. The highest BCUT2D eigenvalue weighted by Crippen LogP contribution is 2.23. The summed E-state index contributed by atoms with van der Waals surface area (Å²) in [4.78, 5) is 10.3. The van der Waals surface area contributed by atoms with E-state index in [1.54, 1.807) is 0 Å². The second-order valence-corrected chi connectivity index (χ2v) is 3.99. The van der Waals surface area contributed by atoms with E-state index in [9.17, 15) is 4.79 Å². The summed E-state index contributed by atoms with van der Waals surface area (Å²) in [6, 6.07) is 0. The molecule has 1 N–H and O–H groups in total. The molecule has 1 rings (SSSR count). The van der Waals surface area contributed by atoms with Crippen molar-refractivity contribution < 1.29 is 9.90 Å². The first-order valence-electron chi connectivity index (χ1n) is 3.35. The Morgan fingerprint density at radius 2 is 2.09 bits per heavy atom. The molecule has 6 heteroatoms. The first-order chi connectivity index (χ1) is 5.20. The monoisotopic (exact) mass is 194 g/mol. The molecule has 4 nitrogen and oxygen atoms in total. The standard InChI is InChI=1S/C5H10N2O2S2/c8-5(9)7(10)11-6-3-1-2-4-6/h10H,1-4H2,(H,8,9). The molecule has 0 aromatic heterocycles. The van der Waals surface area contributed by atoms with Crippen LogP contribution in [0.15, 0.2) is 0 Å². The lowest BCUT2D eigenvalue weighted by Gasteiger charge is -2.17. The molecule has 1 aliphatic heterocycles. The number of thiol groups is 1. The Balaban J connectivity index is 2.23. The predicted octanol–water partition coefficient (Wildman–Crippen LogP) is 1.47. The fraction of sp³-hybridized carbons (Fsp3) is 0.800. The van der Waals surface area contributed by atoms with Crippen LogP contribution in [0.2, 0.25) is 0 Å². The van der Waals surface area contributed by atoms with Gasteiger partial charge in [-0.15, -0.1) is 0 Å². The summed E-state index contributed by atoms with van der Waals surface area (Å²) in [5, 5.41) is 8.44. The zero-order chi connectivity index (χ0) is 8.27. The number of nitrogens with zero attached hydrogens (tertiary/aromatic N) is 2. The molecule has 0 aromatic carbocycles. The van der Waals surface area contributed by atoms with E-state index in [0.29, 0.717) is 0 Å². The van der Waals surface area contributed by atoms with Gasteiger partial charge in [-0.25, -0.2) is 9.10 Å². The summed E-state index contributed by atoms with van der Waals surface area (Å²) in [7, 11) is 0. The number of hydrogen-bond acceptors (Lipinski definition) is 4. The largest absolute Gasteiger partial charge is 0.464 e. The number of carboxylic acid groups (broad SMARTS) is 1. The van der Waals surface area contributed by atoms with Gasteiger partial charge in [0.25, 0.3) is 0 Å². The number of carbonyl (C=O) groups is 1. The van der Waals surface area contributed by atoms with Gasteiger partial charge >= 0.3 is 6.09 Å². The van der Waals surface area contributed by atoms with Gasteiger partial charge in [0.1, 0.15) is 0 Å². The Bertz CT molecular complexity index is 149. The highest BCUT2D eigenvalue weighted by atomic mass is 32.2. The average Bonchev–Trinajstić information content (AvgIpc) is 2.39. The SMILES string of the molecule is O=C(O)N(S)SN1CCCC1. The Hall–Kier alpha value is -0.0700. The average molecular weight is 194 g/mol. The Labute approximate surface area is 75.4 Å². The van der Waals surface area contributed by atoms with Gasteiger partial charge in [-0.3, -0.25) is 0 Å². The van der Waals surface area contributed by atoms with E-state index in [1.165, 1.54) is 0 Å². The van der Waals surface area contributed by atoms with E-state index < -0.39 is 6.09 Å². The van der Waals surface area contributed by atoms with Crippen molar-refractivity contribution in [2.45, 2.75) is 12.8 Å². The Kier molecular flexibility index (Phi) is 3.35. The fourth-order valence-electron chi connectivity index (χ4n) is 0.914. The van der Waals surface area contributed by atoms with Gasteiger partial charge in [-0.05, 0) is 25.7 Å². The van der Waals surface area contributed by atoms with Crippen molar-refractivity contribution in [3.63, 3.8) is 0 Å². The third-order valence-electron chi connectivity index (χ3n) is 1.42. The number of amides is 1. The summed E-state index contributed by atoms with van der Waals surface area (Å²) in [5.74, 6) is 0. The van der Waals surface area contributed by atoms with Crippen LogP contribution in [0.25, 0.3) is 0 Å². The van der Waals surface area contributed by atoms with Crippen LogP contribution in [-0.2, 0) is 0 Å². The van der Waals surface area contributed by atoms with Gasteiger partial charge in [-0.2, -0.15) is 3.71 Å². The zero-order valence-corrected chi connectivity index (χ0v) is 7.64. The van der Waals surface area contributed by atoms with Gasteiger partial charge in [0.2, 0.25) is 0 Å². The zero-order valence-electron chi connectivity index (χ0n) is 5.93. The molecule has 64 valence electrons. The van der Waals surface area contributed by atoms with Crippen LogP contribution in [0, 0.1) is 0 Å². The quantitative estimate of drug-likeness (QED) is 0.516. The molecular weight excluding hydrogens is 184 g/mol. The summed E-state index contributed by atoms with van der Waals surface area (Å²) in [6.45, 7) is 1.91. The van der Waals surface area contributed by atoms with Crippen LogP contribution < -0.4 is 0 Å². The van der Waals surface area contributed by atoms with Crippen LogP contribution in [0.4, 0.5) is 4.79 Å². The maximum atomic E-state index is 10.3. The molecule has 0 atom stereocenters. The molecule has 1 fully saturated rings. The van der Waals surface area contributed by atoms with E-state index in [-0.39, 0.29) is 0 Å². The van der Waals surface area contributed by atoms with Crippen LogP contribution >= 0.6 is 24.9 Å². The summed E-state index contributed by atoms with van der Waals surface area (Å²) < 4.78 is 2.91. The molecule has 11 heavy (non-hydrogen) atoms. The number of hydrogen-bond donors (Lipinski definition) is 2. The molecule has 0 saturated carbocycles. The van der Waals surface area contributed by atoms with Gasteiger partial charge < -0.3 is 5.11 Å². The maximum Gasteiger partial charge on any atom is 0.428 e. The minimum absolute atomic E-state index is 0.922. The smallest absolute Gasteiger partial charge is 0.428 e. The molecule has 0 spiro atoms. The number of rotatable bonds is 2. The second-order valence-electron chi connectivity index (χ2n) is 2.27. The molecule has 0 bridgehead atoms. The van der Waals surface area contributed by atoms with E-state index >= 15 is 0 Å². The molecule has 0 aliphatic carbocycles. The molecule has 0 unspecified atom stereocenters. The minimum Gasteiger partial charge on any atom is -0.464 e. The van der Waals surface area contributed by atoms with E-state index in [0.717, 1.165) is 41.8 Å². The van der Waals surface area contributed by atoms with Crippen LogP contribution in [0.5, 0.6) is 0 Å². The summed E-state index contributed by atoms with van der Waals surface area (Å²) >= 11 is 4.90. The van der Waals surface area contributed by atoms with Gasteiger partial charge in [0, 0.05) is 13.1 Å². The second kappa shape index (κ2) is 4.08. The lowest BCUT2D eigenvalue weighted by atomic mass is 10.4. The van der Waals surface area contributed by atoms with Gasteiger partial charge in [0.05, 0.1) is 12.1 Å². The van der Waals surface area contributed by atoms with Crippen LogP contribution in [0.1, 0.15) is 12.8 Å².